The topological polar surface area (TPSA) is 196 Å². The van der Waals surface area contributed by atoms with E-state index in [1.165, 1.54) is 14.2 Å². The van der Waals surface area contributed by atoms with E-state index in [2.05, 4.69) is 25.9 Å². The summed E-state index contributed by atoms with van der Waals surface area (Å²) in [6.07, 6.45) is 7.08. The van der Waals surface area contributed by atoms with Gasteiger partial charge in [0.1, 0.15) is 23.7 Å². The summed E-state index contributed by atoms with van der Waals surface area (Å²) >= 11 is 0. The molecule has 308 valence electrons. The lowest BCUT2D eigenvalue weighted by atomic mass is 10.0. The van der Waals surface area contributed by atoms with Gasteiger partial charge in [-0.25, -0.2) is 14.6 Å². The molecule has 0 spiro atoms. The van der Waals surface area contributed by atoms with E-state index in [4.69, 9.17) is 24.4 Å². The van der Waals surface area contributed by atoms with Crippen molar-refractivity contribution in [1.29, 1.82) is 0 Å². The number of carbonyl (C=O) groups is 4. The number of amides is 4. The number of likely N-dealkylation sites (tertiary alicyclic amines) is 2. The minimum atomic E-state index is -0.897. The number of hydrogen-bond donors (Lipinski definition) is 4. The van der Waals surface area contributed by atoms with Gasteiger partial charge in [-0.05, 0) is 60.6 Å². The van der Waals surface area contributed by atoms with Gasteiger partial charge in [-0.1, -0.05) is 66.7 Å². The zero-order valence-electron chi connectivity index (χ0n) is 33.3. The quantitative estimate of drug-likeness (QED) is 0.134. The first-order valence-electron chi connectivity index (χ1n) is 20.0. The van der Waals surface area contributed by atoms with Crippen LogP contribution in [0.2, 0.25) is 0 Å². The molecule has 0 saturated carbocycles. The zero-order chi connectivity index (χ0) is 41.6. The molecular weight excluding hydrogens is 765 g/mol. The number of methoxy groups -OCH3 is 2. The maximum Gasteiger partial charge on any atom is 0.407 e. The lowest BCUT2D eigenvalue weighted by Crippen LogP contribution is -2.49. The molecule has 4 N–H and O–H groups in total. The van der Waals surface area contributed by atoms with Crippen LogP contribution in [-0.4, -0.2) is 99.5 Å². The minimum Gasteiger partial charge on any atom is -0.453 e. The first-order chi connectivity index (χ1) is 29.3. The second-order valence-electron chi connectivity index (χ2n) is 14.9. The van der Waals surface area contributed by atoms with E-state index >= 15 is 0 Å². The van der Waals surface area contributed by atoms with Gasteiger partial charge in [-0.3, -0.25) is 24.5 Å². The summed E-state index contributed by atoms with van der Waals surface area (Å²) in [4.78, 5) is 78.1. The van der Waals surface area contributed by atoms with Gasteiger partial charge in [0.05, 0.1) is 62.2 Å². The van der Waals surface area contributed by atoms with Crippen molar-refractivity contribution in [2.45, 2.75) is 55.9 Å². The maximum atomic E-state index is 13.9. The van der Waals surface area contributed by atoms with E-state index in [9.17, 15) is 19.2 Å². The van der Waals surface area contributed by atoms with E-state index in [-0.39, 0.29) is 29.9 Å². The number of aliphatic imine (C=N–C) groups is 1. The van der Waals surface area contributed by atoms with Crippen molar-refractivity contribution in [3.63, 3.8) is 0 Å². The number of pyridine rings is 2. The average Bonchev–Trinajstić information content (AvgIpc) is 4.15. The van der Waals surface area contributed by atoms with Crippen LogP contribution in [0, 0.1) is 0 Å². The first-order valence-corrected chi connectivity index (χ1v) is 20.0. The average molecular weight is 811 g/mol. The van der Waals surface area contributed by atoms with Gasteiger partial charge in [0.15, 0.2) is 0 Å². The van der Waals surface area contributed by atoms with Crippen molar-refractivity contribution < 1.29 is 28.7 Å². The molecule has 6 heterocycles. The van der Waals surface area contributed by atoms with Crippen LogP contribution in [0.1, 0.15) is 72.4 Å². The summed E-state index contributed by atoms with van der Waals surface area (Å²) < 4.78 is 9.64. The normalized spacial score (nSPS) is 19.5. The van der Waals surface area contributed by atoms with Crippen molar-refractivity contribution >= 4 is 29.8 Å². The molecule has 60 heavy (non-hydrogen) atoms. The van der Waals surface area contributed by atoms with Crippen molar-refractivity contribution in [2.75, 3.05) is 33.9 Å². The SMILES string of the molecule is COC(=O)N[C@@H](C(=O)N1CCC[C@H]1C1=NCC(c2ccc(-c3ccc(-c4cnc([C@@H]5CCCN5C(=O)[C@H](NC(=O)OC)c5ccccc5)[nH]4)cn3)nc2)N1)c1ccccc1. The number of hydrogen-bond acceptors (Lipinski definition) is 11. The second-order valence-corrected chi connectivity index (χ2v) is 14.9. The van der Waals surface area contributed by atoms with Gasteiger partial charge >= 0.3 is 12.2 Å². The highest BCUT2D eigenvalue weighted by Crippen LogP contribution is 2.34. The monoisotopic (exact) mass is 810 g/mol. The smallest absolute Gasteiger partial charge is 0.407 e. The van der Waals surface area contributed by atoms with Gasteiger partial charge in [-0.15, -0.1) is 0 Å². The highest BCUT2D eigenvalue weighted by atomic mass is 16.5. The fourth-order valence-electron chi connectivity index (χ4n) is 8.15. The number of alkyl carbamates (subject to hydrolysis) is 2. The summed E-state index contributed by atoms with van der Waals surface area (Å²) in [6, 6.07) is 23.7. The second kappa shape index (κ2) is 17.8. The van der Waals surface area contributed by atoms with Crippen LogP contribution in [0.25, 0.3) is 22.6 Å². The molecule has 2 saturated heterocycles. The number of nitrogens with one attached hydrogen (secondary N) is 4. The summed E-state index contributed by atoms with van der Waals surface area (Å²) in [6.45, 7) is 1.59. The molecule has 5 aromatic rings. The van der Waals surface area contributed by atoms with Gasteiger partial charge in [0, 0.05) is 31.0 Å². The van der Waals surface area contributed by atoms with E-state index < -0.39 is 24.3 Å². The molecule has 8 rings (SSSR count). The number of amidine groups is 1. The summed E-state index contributed by atoms with van der Waals surface area (Å²) in [5, 5.41) is 8.95. The van der Waals surface area contributed by atoms with Crippen LogP contribution in [0.4, 0.5) is 9.59 Å². The van der Waals surface area contributed by atoms with E-state index in [0.29, 0.717) is 48.0 Å². The molecule has 16 nitrogen and oxygen atoms in total. The number of aromatic amines is 1. The van der Waals surface area contributed by atoms with Gasteiger partial charge in [-0.2, -0.15) is 0 Å². The third-order valence-corrected chi connectivity index (χ3v) is 11.2. The Kier molecular flexibility index (Phi) is 11.8. The molecule has 0 bridgehead atoms. The standard InChI is InChI=1S/C44H46N10O6/c1-59-43(57)51-37(27-11-5-3-6-12-27)41(55)53-21-9-15-35(53)39-47-25-33(49-39)29-17-19-31(45-23-29)32-20-18-30(24-46-32)34-26-48-40(50-34)36-16-10-22-54(36)42(56)38(52-44(58)60-2)28-13-7-4-8-14-28/h3-8,11-14,17-20,23-25,34-38H,9-10,15-16,21-22,26H2,1-2H3,(H,47,49)(H,48,50)(H,51,57)(H,52,58)/t34?,35-,36-,37+,38+/m0/s1. The molecule has 5 atom stereocenters. The number of benzene rings is 2. The fourth-order valence-corrected chi connectivity index (χ4v) is 8.15. The first kappa shape index (κ1) is 39.7. The molecule has 3 aliphatic heterocycles. The van der Waals surface area contributed by atoms with Crippen LogP contribution in [0.3, 0.4) is 0 Å². The van der Waals surface area contributed by atoms with Crippen LogP contribution >= 0.6 is 0 Å². The molecule has 16 heteroatoms. The third-order valence-electron chi connectivity index (χ3n) is 11.2. The summed E-state index contributed by atoms with van der Waals surface area (Å²) in [5.74, 6) is 0.965. The third kappa shape index (κ3) is 8.39. The maximum absolute atomic E-state index is 13.9. The Hall–Kier alpha value is -7.10. The summed E-state index contributed by atoms with van der Waals surface area (Å²) in [7, 11) is 2.55. The molecule has 4 amide bonds. The Morgan fingerprint density at radius 2 is 1.25 bits per heavy atom. The highest BCUT2D eigenvalue weighted by molar-refractivity contribution is 5.95. The predicted octanol–water partition coefficient (Wildman–Crippen LogP) is 5.43. The van der Waals surface area contributed by atoms with E-state index in [1.54, 1.807) is 34.3 Å². The molecule has 3 aromatic heterocycles. The number of ether oxygens (including phenoxy) is 2. The number of aromatic nitrogens is 4. The van der Waals surface area contributed by atoms with Crippen LogP contribution in [0.15, 0.2) is 109 Å². The van der Waals surface area contributed by atoms with Crippen molar-refractivity contribution in [1.82, 2.24) is 45.7 Å². The predicted molar refractivity (Wildman–Crippen MR) is 221 cm³/mol. The van der Waals surface area contributed by atoms with Crippen molar-refractivity contribution in [3.8, 4) is 22.6 Å². The Morgan fingerprint density at radius 1 is 0.683 bits per heavy atom. The Balaban J connectivity index is 0.898. The number of imidazole rings is 1. The largest absolute Gasteiger partial charge is 0.453 e. The minimum absolute atomic E-state index is 0.110. The Bertz CT molecular complexity index is 2340. The van der Waals surface area contributed by atoms with E-state index in [1.807, 2.05) is 79.0 Å². The van der Waals surface area contributed by atoms with Crippen molar-refractivity contribution in [3.05, 3.63) is 126 Å². The number of carbonyl (C=O) groups excluding carboxylic acids is 4. The number of H-pyrrole nitrogens is 1. The van der Waals surface area contributed by atoms with Gasteiger partial charge in [0.25, 0.3) is 11.8 Å². The van der Waals surface area contributed by atoms with Crippen molar-refractivity contribution in [2.24, 2.45) is 4.99 Å². The molecule has 3 aliphatic rings. The molecule has 2 aromatic carbocycles. The Labute approximate surface area is 346 Å². The van der Waals surface area contributed by atoms with Crippen LogP contribution in [-0.2, 0) is 19.1 Å². The van der Waals surface area contributed by atoms with Gasteiger partial charge < -0.3 is 40.2 Å². The summed E-state index contributed by atoms with van der Waals surface area (Å²) in [5.41, 5.74) is 5.30. The van der Waals surface area contributed by atoms with Crippen LogP contribution < -0.4 is 16.0 Å². The molecule has 0 aliphatic carbocycles. The molecule has 0 radical (unpaired) electrons. The number of nitrogens with zero attached hydrogens (tertiary/aromatic N) is 6. The molecule has 1 unspecified atom stereocenters. The fraction of sp³-hybridized carbons (Fsp3) is 0.318. The number of rotatable bonds is 11. The lowest BCUT2D eigenvalue weighted by Gasteiger charge is -2.30. The highest BCUT2D eigenvalue weighted by Gasteiger charge is 2.40. The molecule has 2 fully saturated rings. The van der Waals surface area contributed by atoms with E-state index in [0.717, 1.165) is 48.3 Å². The van der Waals surface area contributed by atoms with Crippen LogP contribution in [0.5, 0.6) is 0 Å². The van der Waals surface area contributed by atoms with Gasteiger partial charge in [0.2, 0.25) is 0 Å². The zero-order valence-corrected chi connectivity index (χ0v) is 33.3. The Morgan fingerprint density at radius 3 is 1.80 bits per heavy atom. The molecular formula is C44H46N10O6. The lowest BCUT2D eigenvalue weighted by molar-refractivity contribution is -0.135.